The molecule has 1 aliphatic rings. The summed E-state index contributed by atoms with van der Waals surface area (Å²) in [6.45, 7) is 0. The summed E-state index contributed by atoms with van der Waals surface area (Å²) >= 11 is 6.26. The Morgan fingerprint density at radius 1 is 1.16 bits per heavy atom. The van der Waals surface area contributed by atoms with Gasteiger partial charge in [-0.25, -0.2) is 9.97 Å². The number of hydrogen-bond donors (Lipinski definition) is 0. The zero-order valence-electron chi connectivity index (χ0n) is 10.8. The fourth-order valence-electron chi connectivity index (χ4n) is 2.54. The van der Waals surface area contributed by atoms with Crippen LogP contribution in [0, 0.1) is 0 Å². The molecule has 0 saturated heterocycles. The number of aromatic nitrogens is 2. The number of halogens is 1. The Morgan fingerprint density at radius 2 is 1.95 bits per heavy atom. The van der Waals surface area contributed by atoms with Gasteiger partial charge in [0.15, 0.2) is 5.82 Å². The van der Waals surface area contributed by atoms with Crippen molar-refractivity contribution in [3.63, 3.8) is 0 Å². The van der Waals surface area contributed by atoms with Crippen LogP contribution < -0.4 is 0 Å². The van der Waals surface area contributed by atoms with E-state index in [1.807, 2.05) is 30.3 Å². The predicted octanol–water partition coefficient (Wildman–Crippen LogP) is 3.35. The second-order valence-electron chi connectivity index (χ2n) is 4.68. The monoisotopic (exact) mass is 274 g/mol. The van der Waals surface area contributed by atoms with E-state index < -0.39 is 0 Å². The lowest BCUT2D eigenvalue weighted by molar-refractivity contribution is 0.129. The highest BCUT2D eigenvalue weighted by Crippen LogP contribution is 2.30. The molecule has 0 radical (unpaired) electrons. The van der Waals surface area contributed by atoms with Crippen molar-refractivity contribution in [2.75, 3.05) is 7.11 Å². The van der Waals surface area contributed by atoms with Crippen molar-refractivity contribution in [2.24, 2.45) is 0 Å². The van der Waals surface area contributed by atoms with Gasteiger partial charge < -0.3 is 4.74 Å². The molecule has 1 aromatic heterocycles. The van der Waals surface area contributed by atoms with Crippen LogP contribution in [0.15, 0.2) is 30.3 Å². The number of aryl methyl sites for hydroxylation is 1. The van der Waals surface area contributed by atoms with Gasteiger partial charge in [-0.15, -0.1) is 0 Å². The normalized spacial score (nSPS) is 15.3. The third-order valence-corrected chi connectivity index (χ3v) is 3.79. The first-order valence-corrected chi connectivity index (χ1v) is 6.80. The summed E-state index contributed by atoms with van der Waals surface area (Å²) in [5, 5.41) is 0.579. The van der Waals surface area contributed by atoms with E-state index in [1.54, 1.807) is 7.11 Å². The Kier molecular flexibility index (Phi) is 3.49. The summed E-state index contributed by atoms with van der Waals surface area (Å²) in [4.78, 5) is 9.06. The molecule has 1 heterocycles. The minimum Gasteiger partial charge on any atom is -0.369 e. The van der Waals surface area contributed by atoms with E-state index in [4.69, 9.17) is 16.3 Å². The molecule has 4 heteroatoms. The maximum absolute atomic E-state index is 6.26. The highest BCUT2D eigenvalue weighted by atomic mass is 35.5. The van der Waals surface area contributed by atoms with Crippen LogP contribution in [-0.2, 0) is 17.6 Å². The summed E-state index contributed by atoms with van der Waals surface area (Å²) in [6.07, 6.45) is 2.81. The summed E-state index contributed by atoms with van der Waals surface area (Å²) < 4.78 is 5.55. The van der Waals surface area contributed by atoms with Crippen LogP contribution in [0.25, 0.3) is 0 Å². The predicted molar refractivity (Wildman–Crippen MR) is 74.4 cm³/mol. The van der Waals surface area contributed by atoms with Gasteiger partial charge in [0.25, 0.3) is 0 Å². The third-order valence-electron chi connectivity index (χ3n) is 3.47. The molecule has 3 nitrogen and oxygen atoms in total. The molecule has 0 bridgehead atoms. The summed E-state index contributed by atoms with van der Waals surface area (Å²) in [5.74, 6) is 0.652. The maximum Gasteiger partial charge on any atom is 0.163 e. The molecule has 0 N–H and O–H groups in total. The van der Waals surface area contributed by atoms with Gasteiger partial charge >= 0.3 is 0 Å². The average Bonchev–Trinajstić information content (AvgIpc) is 2.90. The van der Waals surface area contributed by atoms with Crippen molar-refractivity contribution in [1.82, 2.24) is 9.97 Å². The summed E-state index contributed by atoms with van der Waals surface area (Å²) in [5.41, 5.74) is 3.22. The molecule has 1 atom stereocenters. The Labute approximate surface area is 117 Å². The number of nitrogens with zero attached hydrogens (tertiary/aromatic N) is 2. The summed E-state index contributed by atoms with van der Waals surface area (Å²) in [6, 6.07) is 9.97. The van der Waals surface area contributed by atoms with E-state index in [-0.39, 0.29) is 6.10 Å². The van der Waals surface area contributed by atoms with E-state index in [0.717, 1.165) is 36.1 Å². The van der Waals surface area contributed by atoms with Crippen LogP contribution in [0.4, 0.5) is 0 Å². The van der Waals surface area contributed by atoms with Gasteiger partial charge in [-0.2, -0.15) is 0 Å². The fraction of sp³-hybridized carbons (Fsp3) is 0.333. The van der Waals surface area contributed by atoms with Gasteiger partial charge in [0.1, 0.15) is 11.3 Å². The number of hydrogen-bond acceptors (Lipinski definition) is 3. The van der Waals surface area contributed by atoms with E-state index in [9.17, 15) is 0 Å². The molecule has 1 aromatic carbocycles. The molecule has 1 unspecified atom stereocenters. The molecule has 0 amide bonds. The Morgan fingerprint density at radius 3 is 2.68 bits per heavy atom. The van der Waals surface area contributed by atoms with Gasteiger partial charge in [-0.1, -0.05) is 41.9 Å². The van der Waals surface area contributed by atoms with Crippen molar-refractivity contribution >= 4 is 11.6 Å². The van der Waals surface area contributed by atoms with Crippen molar-refractivity contribution in [3.8, 4) is 0 Å². The average molecular weight is 275 g/mol. The molecule has 98 valence electrons. The molecule has 19 heavy (non-hydrogen) atoms. The van der Waals surface area contributed by atoms with Gasteiger partial charge in [0.2, 0.25) is 0 Å². The first kappa shape index (κ1) is 12.6. The number of rotatable bonds is 3. The molecular formula is C15H15ClN2O. The molecule has 2 aromatic rings. The lowest BCUT2D eigenvalue weighted by atomic mass is 10.1. The molecule has 1 aliphatic carbocycles. The van der Waals surface area contributed by atoms with Crippen LogP contribution in [-0.4, -0.2) is 17.1 Å². The molecule has 0 aliphatic heterocycles. The van der Waals surface area contributed by atoms with Gasteiger partial charge in [-0.3, -0.25) is 0 Å². The van der Waals surface area contributed by atoms with Crippen molar-refractivity contribution < 1.29 is 4.74 Å². The SMILES string of the molecule is COC(c1ccccc1)c1nc(Cl)c2c(n1)CCC2. The van der Waals surface area contributed by atoms with Crippen molar-refractivity contribution in [2.45, 2.75) is 25.4 Å². The topological polar surface area (TPSA) is 35.0 Å². The quantitative estimate of drug-likeness (QED) is 0.805. The molecule has 0 spiro atoms. The van der Waals surface area contributed by atoms with Crippen molar-refractivity contribution in [3.05, 3.63) is 58.1 Å². The first-order chi connectivity index (χ1) is 9.29. The third kappa shape index (κ3) is 2.36. The van der Waals surface area contributed by atoms with E-state index in [1.165, 1.54) is 0 Å². The van der Waals surface area contributed by atoms with E-state index in [0.29, 0.717) is 11.0 Å². The number of benzene rings is 1. The van der Waals surface area contributed by atoms with E-state index >= 15 is 0 Å². The molecule has 0 saturated carbocycles. The van der Waals surface area contributed by atoms with Crippen LogP contribution in [0.1, 0.15) is 35.2 Å². The summed E-state index contributed by atoms with van der Waals surface area (Å²) in [7, 11) is 1.67. The minimum atomic E-state index is -0.260. The number of ether oxygens (including phenoxy) is 1. The zero-order chi connectivity index (χ0) is 13.2. The van der Waals surface area contributed by atoms with Gasteiger partial charge in [0.05, 0.1) is 0 Å². The Bertz CT molecular complexity index is 586. The minimum absolute atomic E-state index is 0.260. The Hall–Kier alpha value is -1.45. The lowest BCUT2D eigenvalue weighted by Gasteiger charge is -2.15. The second-order valence-corrected chi connectivity index (χ2v) is 5.04. The standard InChI is InChI=1S/C15H15ClN2O/c1-19-13(10-6-3-2-4-7-10)15-17-12-9-5-8-11(12)14(16)18-15/h2-4,6-7,13H,5,8-9H2,1H3. The van der Waals surface area contributed by atoms with E-state index in [2.05, 4.69) is 9.97 Å². The van der Waals surface area contributed by atoms with Gasteiger partial charge in [0, 0.05) is 18.4 Å². The smallest absolute Gasteiger partial charge is 0.163 e. The second kappa shape index (κ2) is 5.27. The maximum atomic E-state index is 6.26. The largest absolute Gasteiger partial charge is 0.369 e. The number of methoxy groups -OCH3 is 1. The van der Waals surface area contributed by atoms with Crippen LogP contribution >= 0.6 is 11.6 Å². The van der Waals surface area contributed by atoms with Crippen LogP contribution in [0.2, 0.25) is 5.15 Å². The van der Waals surface area contributed by atoms with Crippen LogP contribution in [0.5, 0.6) is 0 Å². The van der Waals surface area contributed by atoms with Gasteiger partial charge in [-0.05, 0) is 24.8 Å². The molecule has 0 fully saturated rings. The first-order valence-electron chi connectivity index (χ1n) is 6.42. The zero-order valence-corrected chi connectivity index (χ0v) is 11.5. The van der Waals surface area contributed by atoms with Crippen LogP contribution in [0.3, 0.4) is 0 Å². The highest BCUT2D eigenvalue weighted by Gasteiger charge is 2.23. The number of fused-ring (bicyclic) bond motifs is 1. The molecule has 3 rings (SSSR count). The Balaban J connectivity index is 2.03. The van der Waals surface area contributed by atoms with Crippen molar-refractivity contribution in [1.29, 1.82) is 0 Å². The fourth-order valence-corrected chi connectivity index (χ4v) is 2.83. The molecular weight excluding hydrogens is 260 g/mol. The lowest BCUT2D eigenvalue weighted by Crippen LogP contribution is -2.10. The highest BCUT2D eigenvalue weighted by molar-refractivity contribution is 6.30.